The minimum atomic E-state index is -0.578. The Morgan fingerprint density at radius 1 is 1.08 bits per heavy atom. The lowest BCUT2D eigenvalue weighted by Crippen LogP contribution is -2.19. The molecule has 0 spiro atoms. The average molecular weight is 330 g/mol. The third-order valence-electron chi connectivity index (χ3n) is 3.59. The molecule has 0 saturated carbocycles. The lowest BCUT2D eigenvalue weighted by Gasteiger charge is -2.09. The van der Waals surface area contributed by atoms with Crippen molar-refractivity contribution < 1.29 is 8.78 Å². The molecule has 24 heavy (non-hydrogen) atoms. The van der Waals surface area contributed by atoms with Gasteiger partial charge in [-0.05, 0) is 48.0 Å². The first-order valence-electron chi connectivity index (χ1n) is 7.41. The zero-order valence-electron chi connectivity index (χ0n) is 13.3. The minimum absolute atomic E-state index is 0.00250. The van der Waals surface area contributed by atoms with Gasteiger partial charge in [0.25, 0.3) is 0 Å². The molecule has 2 heterocycles. The first-order valence-corrected chi connectivity index (χ1v) is 7.41. The molecular weight excluding hydrogens is 314 g/mol. The third-order valence-corrected chi connectivity index (χ3v) is 3.59. The van der Waals surface area contributed by atoms with E-state index < -0.39 is 11.6 Å². The number of hydrogen-bond acceptors (Lipinski definition) is 5. The lowest BCUT2D eigenvalue weighted by molar-refractivity contribution is 0.526. The quantitative estimate of drug-likeness (QED) is 0.777. The highest BCUT2D eigenvalue weighted by Crippen LogP contribution is 2.16. The molecular formula is C16H16F2N6. The number of benzene rings is 1. The maximum Gasteiger partial charge on any atom is 0.172 e. The van der Waals surface area contributed by atoms with E-state index in [0.717, 1.165) is 5.69 Å². The molecule has 1 N–H and O–H groups in total. The van der Waals surface area contributed by atoms with Crippen LogP contribution in [0, 0.1) is 25.5 Å². The van der Waals surface area contributed by atoms with Gasteiger partial charge in [0.15, 0.2) is 11.6 Å². The van der Waals surface area contributed by atoms with Crippen LogP contribution in [0.15, 0.2) is 30.3 Å². The number of pyridine rings is 1. The maximum atomic E-state index is 14.0. The van der Waals surface area contributed by atoms with Crippen LogP contribution in [0.5, 0.6) is 0 Å². The van der Waals surface area contributed by atoms with E-state index in [9.17, 15) is 8.78 Å². The van der Waals surface area contributed by atoms with Gasteiger partial charge < -0.3 is 5.32 Å². The third kappa shape index (κ3) is 3.28. The number of rotatable bonds is 5. The number of tetrazole rings is 1. The molecule has 0 radical (unpaired) electrons. The number of aromatic nitrogens is 5. The van der Waals surface area contributed by atoms with Crippen LogP contribution < -0.4 is 5.32 Å². The molecule has 0 atom stereocenters. The van der Waals surface area contributed by atoms with Crippen molar-refractivity contribution in [2.24, 2.45) is 0 Å². The zero-order chi connectivity index (χ0) is 17.1. The topological polar surface area (TPSA) is 68.5 Å². The molecule has 2 aromatic heterocycles. The van der Waals surface area contributed by atoms with Gasteiger partial charge in [-0.25, -0.2) is 13.8 Å². The van der Waals surface area contributed by atoms with E-state index in [1.807, 2.05) is 19.1 Å². The summed E-state index contributed by atoms with van der Waals surface area (Å²) >= 11 is 0. The van der Waals surface area contributed by atoms with Crippen LogP contribution in [-0.4, -0.2) is 25.2 Å². The minimum Gasteiger partial charge on any atom is -0.305 e. The molecule has 0 amide bonds. The Hall–Kier alpha value is -2.74. The van der Waals surface area contributed by atoms with Crippen molar-refractivity contribution in [2.45, 2.75) is 26.9 Å². The highest BCUT2D eigenvalue weighted by Gasteiger charge is 2.13. The van der Waals surface area contributed by atoms with Crippen LogP contribution in [0.25, 0.3) is 5.82 Å². The first kappa shape index (κ1) is 16.1. The molecule has 0 fully saturated rings. The van der Waals surface area contributed by atoms with Gasteiger partial charge in [-0.2, -0.15) is 4.68 Å². The average Bonchev–Trinajstić information content (AvgIpc) is 3.03. The first-order chi connectivity index (χ1) is 11.6. The van der Waals surface area contributed by atoms with Gasteiger partial charge in [-0.15, -0.1) is 5.10 Å². The van der Waals surface area contributed by atoms with E-state index in [-0.39, 0.29) is 18.7 Å². The van der Waals surface area contributed by atoms with E-state index in [2.05, 4.69) is 25.8 Å². The van der Waals surface area contributed by atoms with Gasteiger partial charge in [0.1, 0.15) is 11.6 Å². The summed E-state index contributed by atoms with van der Waals surface area (Å²) in [7, 11) is 0. The summed E-state index contributed by atoms with van der Waals surface area (Å²) in [6, 6.07) is 8.18. The molecule has 6 nitrogen and oxygen atoms in total. The highest BCUT2D eigenvalue weighted by molar-refractivity contribution is 5.27. The summed E-state index contributed by atoms with van der Waals surface area (Å²) < 4.78 is 29.2. The Bertz CT molecular complexity index is 862. The number of aryl methyl sites for hydroxylation is 2. The monoisotopic (exact) mass is 330 g/mol. The Morgan fingerprint density at radius 2 is 1.92 bits per heavy atom. The highest BCUT2D eigenvalue weighted by atomic mass is 19.1. The van der Waals surface area contributed by atoms with Crippen molar-refractivity contribution in [1.29, 1.82) is 0 Å². The molecule has 0 aliphatic rings. The second-order valence-electron chi connectivity index (χ2n) is 5.40. The fourth-order valence-corrected chi connectivity index (χ4v) is 2.32. The summed E-state index contributed by atoms with van der Waals surface area (Å²) in [5.41, 5.74) is 1.25. The SMILES string of the molecule is Cc1cccc(-n2nnnc2CNCc2c(F)ccc(C)c2F)n1. The van der Waals surface area contributed by atoms with Gasteiger partial charge >= 0.3 is 0 Å². The molecule has 8 heteroatoms. The van der Waals surface area contributed by atoms with E-state index >= 15 is 0 Å². The molecule has 124 valence electrons. The number of nitrogens with one attached hydrogen (secondary N) is 1. The van der Waals surface area contributed by atoms with Gasteiger partial charge in [0, 0.05) is 17.8 Å². The van der Waals surface area contributed by atoms with Gasteiger partial charge in [0.2, 0.25) is 0 Å². The number of hydrogen-bond donors (Lipinski definition) is 1. The molecule has 0 bridgehead atoms. The van der Waals surface area contributed by atoms with Gasteiger partial charge in [-0.1, -0.05) is 12.1 Å². The fourth-order valence-electron chi connectivity index (χ4n) is 2.32. The van der Waals surface area contributed by atoms with Crippen LogP contribution in [-0.2, 0) is 13.1 Å². The molecule has 0 saturated heterocycles. The normalized spacial score (nSPS) is 11.0. The van der Waals surface area contributed by atoms with E-state index in [0.29, 0.717) is 17.2 Å². The Balaban J connectivity index is 1.73. The molecule has 0 aliphatic heterocycles. The Labute approximate surface area is 137 Å². The molecule has 0 aliphatic carbocycles. The smallest absolute Gasteiger partial charge is 0.172 e. The van der Waals surface area contributed by atoms with Gasteiger partial charge in [0.05, 0.1) is 6.54 Å². The lowest BCUT2D eigenvalue weighted by atomic mass is 10.1. The van der Waals surface area contributed by atoms with Gasteiger partial charge in [-0.3, -0.25) is 0 Å². The zero-order valence-corrected chi connectivity index (χ0v) is 13.3. The summed E-state index contributed by atoms with van der Waals surface area (Å²) in [4.78, 5) is 4.36. The van der Waals surface area contributed by atoms with E-state index in [1.165, 1.54) is 16.8 Å². The molecule has 3 aromatic rings. The fraction of sp³-hybridized carbons (Fsp3) is 0.250. The summed E-state index contributed by atoms with van der Waals surface area (Å²) in [5, 5.41) is 14.4. The van der Waals surface area contributed by atoms with Crippen LogP contribution in [0.4, 0.5) is 8.78 Å². The number of halogens is 2. The Morgan fingerprint density at radius 3 is 2.71 bits per heavy atom. The summed E-state index contributed by atoms with van der Waals surface area (Å²) in [5.74, 6) is -0.0285. The molecule has 0 unspecified atom stereocenters. The van der Waals surface area contributed by atoms with Crippen molar-refractivity contribution in [3.63, 3.8) is 0 Å². The van der Waals surface area contributed by atoms with Crippen molar-refractivity contribution in [3.05, 3.63) is 64.6 Å². The van der Waals surface area contributed by atoms with E-state index in [1.54, 1.807) is 13.0 Å². The van der Waals surface area contributed by atoms with Crippen LogP contribution in [0.1, 0.15) is 22.6 Å². The van der Waals surface area contributed by atoms with Crippen LogP contribution in [0.2, 0.25) is 0 Å². The summed E-state index contributed by atoms with van der Waals surface area (Å²) in [6.07, 6.45) is 0. The van der Waals surface area contributed by atoms with Crippen LogP contribution in [0.3, 0.4) is 0 Å². The summed E-state index contributed by atoms with van der Waals surface area (Å²) in [6.45, 7) is 3.75. The molecule has 1 aromatic carbocycles. The predicted octanol–water partition coefficient (Wildman–Crippen LogP) is 2.24. The second-order valence-corrected chi connectivity index (χ2v) is 5.40. The molecule has 3 rings (SSSR count). The number of nitrogens with zero attached hydrogens (tertiary/aromatic N) is 5. The standard InChI is InChI=1S/C16H16F2N6/c1-10-6-7-13(17)12(16(10)18)8-19-9-15-21-22-23-24(15)14-5-3-4-11(2)20-14/h3-7,19H,8-9H2,1-2H3. The Kier molecular flexibility index (Phi) is 4.57. The second kappa shape index (κ2) is 6.79. The predicted molar refractivity (Wildman–Crippen MR) is 83.3 cm³/mol. The largest absolute Gasteiger partial charge is 0.305 e. The van der Waals surface area contributed by atoms with Crippen molar-refractivity contribution >= 4 is 0 Å². The van der Waals surface area contributed by atoms with Crippen molar-refractivity contribution in [3.8, 4) is 5.82 Å². The maximum absolute atomic E-state index is 14.0. The van der Waals surface area contributed by atoms with E-state index in [4.69, 9.17) is 0 Å². The van der Waals surface area contributed by atoms with Crippen LogP contribution >= 0.6 is 0 Å². The van der Waals surface area contributed by atoms with Crippen molar-refractivity contribution in [2.75, 3.05) is 0 Å². The van der Waals surface area contributed by atoms with Crippen molar-refractivity contribution in [1.82, 2.24) is 30.5 Å².